The first kappa shape index (κ1) is 16.0. The van der Waals surface area contributed by atoms with E-state index in [1.165, 1.54) is 0 Å². The summed E-state index contributed by atoms with van der Waals surface area (Å²) in [6, 6.07) is 0. The van der Waals surface area contributed by atoms with Crippen molar-refractivity contribution in [2.24, 2.45) is 0 Å². The second-order valence-electron chi connectivity index (χ2n) is 0.519. The molecule has 0 saturated heterocycles. The predicted octanol–water partition coefficient (Wildman–Crippen LogP) is -1.10. The molecule has 0 aliphatic carbocycles. The molecule has 0 aliphatic heterocycles. The average Bonchev–Trinajstić information content (AvgIpc) is 0.811. The van der Waals surface area contributed by atoms with E-state index < -0.39 is 5.97 Å². The van der Waals surface area contributed by atoms with E-state index in [2.05, 4.69) is 0 Å². The van der Waals surface area contributed by atoms with Gasteiger partial charge < -0.3 is 5.11 Å². The molecular formula is C2H7AlCoO2. The van der Waals surface area contributed by atoms with Gasteiger partial charge in [-0.2, -0.15) is 0 Å². The minimum Gasteiger partial charge on any atom is -0.481 e. The van der Waals surface area contributed by atoms with Gasteiger partial charge in [-0.05, 0) is 0 Å². The van der Waals surface area contributed by atoms with E-state index in [9.17, 15) is 0 Å². The van der Waals surface area contributed by atoms with Gasteiger partial charge in [0.1, 0.15) is 0 Å². The van der Waals surface area contributed by atoms with Gasteiger partial charge in [-0.1, -0.05) is 0 Å². The summed E-state index contributed by atoms with van der Waals surface area (Å²) in [7, 11) is 0. The van der Waals surface area contributed by atoms with Crippen LogP contribution in [0.25, 0.3) is 0 Å². The molecule has 0 heterocycles. The van der Waals surface area contributed by atoms with Gasteiger partial charge in [-0.25, -0.2) is 0 Å². The molecule has 39 valence electrons. The van der Waals surface area contributed by atoms with Crippen molar-refractivity contribution < 1.29 is 26.7 Å². The molecule has 4 heteroatoms. The molecule has 0 unspecified atom stereocenters. The van der Waals surface area contributed by atoms with Gasteiger partial charge >= 0.3 is 0 Å². The Kier molecular flexibility index (Phi) is 24.3. The zero-order valence-corrected chi connectivity index (χ0v) is 3.73. The Morgan fingerprint density at radius 2 is 1.67 bits per heavy atom. The Hall–Kier alpha value is 0.509. The Bertz CT molecular complexity index is 34.5. The monoisotopic (exact) mass is 149 g/mol. The number of hydrogen-bond acceptors (Lipinski definition) is 1. The van der Waals surface area contributed by atoms with Gasteiger partial charge in [0.2, 0.25) is 0 Å². The van der Waals surface area contributed by atoms with Crippen LogP contribution in [0.4, 0.5) is 0 Å². The number of aliphatic carboxylic acids is 1. The summed E-state index contributed by atoms with van der Waals surface area (Å²) in [4.78, 5) is 9.00. The Morgan fingerprint density at radius 3 is 1.67 bits per heavy atom. The van der Waals surface area contributed by atoms with E-state index in [4.69, 9.17) is 9.90 Å². The third kappa shape index (κ3) is 214. The minimum atomic E-state index is -0.833. The smallest absolute Gasteiger partial charge is 0.300 e. The topological polar surface area (TPSA) is 37.3 Å². The van der Waals surface area contributed by atoms with Gasteiger partial charge in [0, 0.05) is 23.7 Å². The fourth-order valence-electron chi connectivity index (χ4n) is 0. The van der Waals surface area contributed by atoms with E-state index in [1.807, 2.05) is 0 Å². The maximum Gasteiger partial charge on any atom is 0.300 e. The largest absolute Gasteiger partial charge is 0.481 e. The van der Waals surface area contributed by atoms with E-state index in [1.54, 1.807) is 0 Å². The fourth-order valence-corrected chi connectivity index (χ4v) is 0. The van der Waals surface area contributed by atoms with Crippen molar-refractivity contribution in [3.8, 4) is 0 Å². The van der Waals surface area contributed by atoms with Gasteiger partial charge in [-0.15, -0.1) is 0 Å². The number of carboxylic acid groups (broad SMARTS) is 1. The first-order valence-electron chi connectivity index (χ1n) is 0.928. The molecule has 1 N–H and O–H groups in total. The predicted molar refractivity (Wildman–Crippen MR) is 23.2 cm³/mol. The van der Waals surface area contributed by atoms with Crippen molar-refractivity contribution in [3.05, 3.63) is 0 Å². The quantitative estimate of drug-likeness (QED) is 0.444. The molecule has 0 fully saturated rings. The maximum atomic E-state index is 9.00. The molecule has 0 amide bonds. The van der Waals surface area contributed by atoms with E-state index in [-0.39, 0.29) is 34.1 Å². The van der Waals surface area contributed by atoms with Crippen LogP contribution in [0.1, 0.15) is 6.92 Å². The van der Waals surface area contributed by atoms with Crippen molar-refractivity contribution in [1.29, 1.82) is 0 Å². The summed E-state index contributed by atoms with van der Waals surface area (Å²) in [6.07, 6.45) is 0. The zero-order valence-electron chi connectivity index (χ0n) is 2.69. The first-order valence-corrected chi connectivity index (χ1v) is 0.928. The number of hydrogen-bond donors (Lipinski definition) is 1. The summed E-state index contributed by atoms with van der Waals surface area (Å²) in [5.41, 5.74) is 0. The molecule has 0 rings (SSSR count). The third-order valence-corrected chi connectivity index (χ3v) is 0. The van der Waals surface area contributed by atoms with Crippen LogP contribution in [0.15, 0.2) is 0 Å². The Balaban J connectivity index is -0.0000000450. The molecular weight excluding hydrogens is 142 g/mol. The van der Waals surface area contributed by atoms with Gasteiger partial charge in [0.15, 0.2) is 17.4 Å². The Labute approximate surface area is 57.3 Å². The molecule has 1 radical (unpaired) electrons. The second-order valence-corrected chi connectivity index (χ2v) is 0.519. The van der Waals surface area contributed by atoms with Crippen LogP contribution in [-0.4, -0.2) is 28.4 Å². The normalized spacial score (nSPS) is 4.17. The second kappa shape index (κ2) is 9.10. The van der Waals surface area contributed by atoms with E-state index in [0.29, 0.717) is 0 Å². The van der Waals surface area contributed by atoms with Crippen LogP contribution >= 0.6 is 0 Å². The van der Waals surface area contributed by atoms with Crippen molar-refractivity contribution in [3.63, 3.8) is 0 Å². The molecule has 2 nitrogen and oxygen atoms in total. The maximum absolute atomic E-state index is 9.00. The van der Waals surface area contributed by atoms with Gasteiger partial charge in [0.05, 0.1) is 0 Å². The van der Waals surface area contributed by atoms with Crippen molar-refractivity contribution in [1.82, 2.24) is 0 Å². The molecule has 0 aliphatic rings. The Morgan fingerprint density at radius 1 is 1.67 bits per heavy atom. The third-order valence-electron chi connectivity index (χ3n) is 0. The molecule has 0 saturated carbocycles. The van der Waals surface area contributed by atoms with Gasteiger partial charge in [-0.3, -0.25) is 4.79 Å². The molecule has 0 aromatic rings. The molecule has 0 aromatic carbocycles. The van der Waals surface area contributed by atoms with E-state index >= 15 is 0 Å². The van der Waals surface area contributed by atoms with Crippen LogP contribution in [0.2, 0.25) is 0 Å². The standard InChI is InChI=1S/C2H4O2.Al.Co.3H/c1-2(3)4;;;;;/h1H3,(H,3,4);;;;;. The molecule has 0 atom stereocenters. The summed E-state index contributed by atoms with van der Waals surface area (Å²) >= 11 is 0. The first-order chi connectivity index (χ1) is 1.73. The summed E-state index contributed by atoms with van der Waals surface area (Å²) in [6.45, 7) is 1.08. The van der Waals surface area contributed by atoms with E-state index in [0.717, 1.165) is 6.92 Å². The van der Waals surface area contributed by atoms with Crippen molar-refractivity contribution in [2.45, 2.75) is 6.92 Å². The van der Waals surface area contributed by atoms with Crippen LogP contribution < -0.4 is 0 Å². The number of carbonyl (C=O) groups is 1. The number of carboxylic acids is 1. The summed E-state index contributed by atoms with van der Waals surface area (Å²) in [5.74, 6) is -0.833. The van der Waals surface area contributed by atoms with Crippen molar-refractivity contribution in [2.75, 3.05) is 0 Å². The minimum absolute atomic E-state index is 0. The molecule has 0 spiro atoms. The average molecular weight is 149 g/mol. The molecule has 0 bridgehead atoms. The number of rotatable bonds is 0. The van der Waals surface area contributed by atoms with Crippen LogP contribution in [0, 0.1) is 0 Å². The summed E-state index contributed by atoms with van der Waals surface area (Å²) in [5, 5.41) is 7.42. The SMILES string of the molecule is CC(=O)O.[AlH3].[Co]. The zero-order chi connectivity index (χ0) is 3.58. The van der Waals surface area contributed by atoms with Crippen molar-refractivity contribution >= 4 is 23.3 Å². The van der Waals surface area contributed by atoms with Gasteiger partial charge in [0.25, 0.3) is 5.97 Å². The molecule has 0 aromatic heterocycles. The van der Waals surface area contributed by atoms with Crippen LogP contribution in [0.3, 0.4) is 0 Å². The summed E-state index contributed by atoms with van der Waals surface area (Å²) < 4.78 is 0. The molecule has 6 heavy (non-hydrogen) atoms. The fraction of sp³-hybridized carbons (Fsp3) is 0.500. The van der Waals surface area contributed by atoms with Crippen LogP contribution in [0.5, 0.6) is 0 Å². The van der Waals surface area contributed by atoms with Crippen LogP contribution in [-0.2, 0) is 21.6 Å².